The number of nitrogens with one attached hydrogen (secondary N) is 1. The Labute approximate surface area is 130 Å². The predicted molar refractivity (Wildman–Crippen MR) is 87.1 cm³/mol. The lowest BCUT2D eigenvalue weighted by atomic mass is 9.92. The number of halogens is 1. The Morgan fingerprint density at radius 2 is 1.95 bits per heavy atom. The van der Waals surface area contributed by atoms with Gasteiger partial charge < -0.3 is 16.0 Å². The lowest BCUT2D eigenvalue weighted by Crippen LogP contribution is -2.42. The van der Waals surface area contributed by atoms with Crippen LogP contribution in [0, 0.1) is 11.8 Å². The van der Waals surface area contributed by atoms with E-state index in [0.29, 0.717) is 0 Å². The quantitative estimate of drug-likeness (QED) is 0.708. The van der Waals surface area contributed by atoms with E-state index in [-0.39, 0.29) is 24.4 Å². The maximum absolute atomic E-state index is 11.6. The fourth-order valence-electron chi connectivity index (χ4n) is 3.06. The van der Waals surface area contributed by atoms with E-state index >= 15 is 0 Å². The molecule has 4 nitrogen and oxygen atoms in total. The number of hydrogen-bond donors (Lipinski definition) is 2. The van der Waals surface area contributed by atoms with E-state index in [1.54, 1.807) is 0 Å². The van der Waals surface area contributed by atoms with E-state index in [9.17, 15) is 4.79 Å². The van der Waals surface area contributed by atoms with Crippen LogP contribution in [0.2, 0.25) is 0 Å². The summed E-state index contributed by atoms with van der Waals surface area (Å²) in [6.07, 6.45) is 4.09. The van der Waals surface area contributed by atoms with E-state index in [2.05, 4.69) is 24.1 Å². The number of carbonyl (C=O) groups is 1. The van der Waals surface area contributed by atoms with Gasteiger partial charge in [-0.25, -0.2) is 0 Å². The molecule has 1 aliphatic rings. The third kappa shape index (κ3) is 7.46. The van der Waals surface area contributed by atoms with E-state index in [4.69, 9.17) is 5.73 Å². The van der Waals surface area contributed by atoms with E-state index in [1.807, 2.05) is 6.92 Å². The third-order valence-electron chi connectivity index (χ3n) is 3.83. The van der Waals surface area contributed by atoms with Gasteiger partial charge in [-0.15, -0.1) is 12.4 Å². The molecule has 3 atom stereocenters. The summed E-state index contributed by atoms with van der Waals surface area (Å²) < 4.78 is 0. The van der Waals surface area contributed by atoms with Gasteiger partial charge in [0.2, 0.25) is 5.91 Å². The SMILES string of the molecule is CCCC(N)C(=O)NCCCN1CC(C)CC(C)C1.Cl. The van der Waals surface area contributed by atoms with Gasteiger partial charge in [-0.2, -0.15) is 0 Å². The molecule has 0 aromatic rings. The molecular formula is C15H32ClN3O. The van der Waals surface area contributed by atoms with Crippen molar-refractivity contribution in [2.45, 2.75) is 52.5 Å². The van der Waals surface area contributed by atoms with Crippen LogP contribution in [-0.4, -0.2) is 43.0 Å². The first-order valence-corrected chi connectivity index (χ1v) is 7.78. The van der Waals surface area contributed by atoms with E-state index in [1.165, 1.54) is 19.5 Å². The molecule has 1 saturated heterocycles. The average molecular weight is 306 g/mol. The molecule has 3 unspecified atom stereocenters. The molecule has 0 aromatic carbocycles. The summed E-state index contributed by atoms with van der Waals surface area (Å²) >= 11 is 0. The van der Waals surface area contributed by atoms with Gasteiger partial charge in [-0.05, 0) is 37.6 Å². The van der Waals surface area contributed by atoms with Crippen molar-refractivity contribution in [3.8, 4) is 0 Å². The van der Waals surface area contributed by atoms with Crippen LogP contribution >= 0.6 is 12.4 Å². The largest absolute Gasteiger partial charge is 0.355 e. The Balaban J connectivity index is 0.00000361. The molecule has 1 heterocycles. The Bertz CT molecular complexity index is 266. The van der Waals surface area contributed by atoms with Crippen molar-refractivity contribution in [3.05, 3.63) is 0 Å². The summed E-state index contributed by atoms with van der Waals surface area (Å²) in [6, 6.07) is -0.333. The Morgan fingerprint density at radius 3 is 2.50 bits per heavy atom. The van der Waals surface area contributed by atoms with E-state index in [0.717, 1.165) is 44.2 Å². The zero-order valence-corrected chi connectivity index (χ0v) is 14.0. The maximum atomic E-state index is 11.6. The van der Waals surface area contributed by atoms with Crippen molar-refractivity contribution in [1.82, 2.24) is 10.2 Å². The minimum absolute atomic E-state index is 0. The highest BCUT2D eigenvalue weighted by atomic mass is 35.5. The maximum Gasteiger partial charge on any atom is 0.236 e. The van der Waals surface area contributed by atoms with Crippen LogP contribution in [0.4, 0.5) is 0 Å². The number of piperidine rings is 1. The monoisotopic (exact) mass is 305 g/mol. The smallest absolute Gasteiger partial charge is 0.236 e. The van der Waals surface area contributed by atoms with E-state index < -0.39 is 0 Å². The summed E-state index contributed by atoms with van der Waals surface area (Å²) in [6.45, 7) is 10.9. The topological polar surface area (TPSA) is 58.4 Å². The van der Waals surface area contributed by atoms with Crippen LogP contribution in [0.5, 0.6) is 0 Å². The van der Waals surface area contributed by atoms with Gasteiger partial charge in [0, 0.05) is 19.6 Å². The predicted octanol–water partition coefficient (Wildman–Crippen LogP) is 2.02. The van der Waals surface area contributed by atoms with Crippen LogP contribution in [0.25, 0.3) is 0 Å². The first-order valence-electron chi connectivity index (χ1n) is 7.78. The molecule has 1 amide bonds. The van der Waals surface area contributed by atoms with Crippen LogP contribution in [0.1, 0.15) is 46.5 Å². The highest BCUT2D eigenvalue weighted by Crippen LogP contribution is 2.20. The number of carbonyl (C=O) groups excluding carboxylic acids is 1. The van der Waals surface area contributed by atoms with Gasteiger partial charge in [0.1, 0.15) is 0 Å². The second-order valence-corrected chi connectivity index (χ2v) is 6.25. The number of nitrogens with zero attached hydrogens (tertiary/aromatic N) is 1. The van der Waals surface area contributed by atoms with Gasteiger partial charge >= 0.3 is 0 Å². The summed E-state index contributed by atoms with van der Waals surface area (Å²) in [5, 5.41) is 2.94. The lowest BCUT2D eigenvalue weighted by molar-refractivity contribution is -0.122. The molecule has 1 aliphatic heterocycles. The molecule has 0 aromatic heterocycles. The molecule has 1 rings (SSSR count). The van der Waals surface area contributed by atoms with Gasteiger partial charge in [0.05, 0.1) is 6.04 Å². The Kier molecular flexibility index (Phi) is 10.2. The summed E-state index contributed by atoms with van der Waals surface area (Å²) in [5.74, 6) is 1.61. The average Bonchev–Trinajstić information content (AvgIpc) is 2.33. The van der Waals surface area contributed by atoms with Crippen LogP contribution in [0.15, 0.2) is 0 Å². The highest BCUT2D eigenvalue weighted by molar-refractivity contribution is 5.85. The molecule has 5 heteroatoms. The molecule has 0 radical (unpaired) electrons. The van der Waals surface area contributed by atoms with Crippen molar-refractivity contribution < 1.29 is 4.79 Å². The third-order valence-corrected chi connectivity index (χ3v) is 3.83. The number of amides is 1. The normalized spacial score (nSPS) is 24.8. The molecule has 20 heavy (non-hydrogen) atoms. The number of nitrogens with two attached hydrogens (primary N) is 1. The van der Waals surface area contributed by atoms with Crippen LogP contribution in [-0.2, 0) is 4.79 Å². The van der Waals surface area contributed by atoms with Crippen molar-refractivity contribution in [3.63, 3.8) is 0 Å². The number of rotatable bonds is 7. The molecular weight excluding hydrogens is 274 g/mol. The second kappa shape index (κ2) is 10.4. The van der Waals surface area contributed by atoms with Gasteiger partial charge in [0.25, 0.3) is 0 Å². The minimum Gasteiger partial charge on any atom is -0.355 e. The zero-order valence-electron chi connectivity index (χ0n) is 13.2. The summed E-state index contributed by atoms with van der Waals surface area (Å²) in [7, 11) is 0. The standard InChI is InChI=1S/C15H31N3O.ClH/c1-4-6-14(16)15(19)17-7-5-8-18-10-12(2)9-13(3)11-18;/h12-14H,4-11,16H2,1-3H3,(H,17,19);1H. The van der Waals surface area contributed by atoms with Crippen molar-refractivity contribution in [2.75, 3.05) is 26.2 Å². The molecule has 0 bridgehead atoms. The van der Waals surface area contributed by atoms with Crippen molar-refractivity contribution in [2.24, 2.45) is 17.6 Å². The first-order chi connectivity index (χ1) is 9.02. The molecule has 0 aliphatic carbocycles. The second-order valence-electron chi connectivity index (χ2n) is 6.25. The fourth-order valence-corrected chi connectivity index (χ4v) is 3.06. The minimum atomic E-state index is -0.333. The molecule has 0 spiro atoms. The first kappa shape index (κ1) is 19.7. The molecule has 3 N–H and O–H groups in total. The van der Waals surface area contributed by atoms with Gasteiger partial charge in [-0.3, -0.25) is 4.79 Å². The van der Waals surface area contributed by atoms with Gasteiger partial charge in [0.15, 0.2) is 0 Å². The Hall–Kier alpha value is -0.320. The lowest BCUT2D eigenvalue weighted by Gasteiger charge is -2.34. The molecule has 1 fully saturated rings. The molecule has 0 saturated carbocycles. The van der Waals surface area contributed by atoms with Crippen LogP contribution < -0.4 is 11.1 Å². The van der Waals surface area contributed by atoms with Crippen LogP contribution in [0.3, 0.4) is 0 Å². The highest BCUT2D eigenvalue weighted by Gasteiger charge is 2.21. The van der Waals surface area contributed by atoms with Gasteiger partial charge in [-0.1, -0.05) is 27.2 Å². The Morgan fingerprint density at radius 1 is 1.35 bits per heavy atom. The number of hydrogen-bond acceptors (Lipinski definition) is 3. The van der Waals surface area contributed by atoms with Crippen molar-refractivity contribution in [1.29, 1.82) is 0 Å². The number of likely N-dealkylation sites (tertiary alicyclic amines) is 1. The van der Waals surface area contributed by atoms with Crippen molar-refractivity contribution >= 4 is 18.3 Å². The summed E-state index contributed by atoms with van der Waals surface area (Å²) in [5.41, 5.74) is 5.77. The zero-order chi connectivity index (χ0) is 14.3. The molecule has 120 valence electrons. The summed E-state index contributed by atoms with van der Waals surface area (Å²) in [4.78, 5) is 14.2. The fraction of sp³-hybridized carbons (Fsp3) is 0.933.